The summed E-state index contributed by atoms with van der Waals surface area (Å²) in [6, 6.07) is 0. The molecule has 0 amide bonds. The van der Waals surface area contributed by atoms with Crippen LogP contribution in [0.15, 0.2) is 0 Å². The fraction of sp³-hybridized carbons (Fsp3) is 0.500. The molecule has 0 radical (unpaired) electrons. The molecular formula is C4H7NO2. The Hall–Kier alpha value is -1.04. The van der Waals surface area contributed by atoms with Crippen molar-refractivity contribution < 1.29 is 9.90 Å². The molecule has 0 saturated carbocycles. The van der Waals surface area contributed by atoms with E-state index in [1.165, 1.54) is 7.05 Å². The molecule has 0 aliphatic rings. The van der Waals surface area contributed by atoms with Crippen LogP contribution in [0.2, 0.25) is 0 Å². The number of carbonyl (C=O) groups is 1. The van der Waals surface area contributed by atoms with E-state index in [9.17, 15) is 0 Å². The van der Waals surface area contributed by atoms with Gasteiger partial charge >= 0.3 is 0 Å². The normalized spacial score (nSPS) is 4.71. The number of carboxylic acid groups (broad SMARTS) is 1. The van der Waals surface area contributed by atoms with Gasteiger partial charge in [0.15, 0.2) is 0 Å². The summed E-state index contributed by atoms with van der Waals surface area (Å²) < 4.78 is 0. The van der Waals surface area contributed by atoms with E-state index >= 15 is 0 Å². The highest BCUT2D eigenvalue weighted by atomic mass is 16.4. The zero-order chi connectivity index (χ0) is 6.28. The molecule has 0 aliphatic carbocycles. The number of carboxylic acids is 1. The number of rotatable bonds is 0. The van der Waals surface area contributed by atoms with Crippen LogP contribution in [-0.2, 0) is 4.79 Å². The molecule has 0 spiro atoms. The Kier molecular flexibility index (Phi) is 11.9. The van der Waals surface area contributed by atoms with E-state index in [-0.39, 0.29) is 0 Å². The van der Waals surface area contributed by atoms with Crippen LogP contribution >= 0.6 is 0 Å². The van der Waals surface area contributed by atoms with Gasteiger partial charge in [0.25, 0.3) is 5.97 Å². The maximum atomic E-state index is 9.00. The molecule has 0 aliphatic heterocycles. The Morgan fingerprint density at radius 3 is 1.86 bits per heavy atom. The topological polar surface area (TPSA) is 41.7 Å². The van der Waals surface area contributed by atoms with E-state index < -0.39 is 5.97 Å². The van der Waals surface area contributed by atoms with Crippen molar-refractivity contribution in [2.24, 2.45) is 0 Å². The Bertz CT molecular complexity index is 78.2. The first kappa shape index (κ1) is 9.35. The lowest BCUT2D eigenvalue weighted by Crippen LogP contribution is -1.78. The van der Waals surface area contributed by atoms with E-state index in [4.69, 9.17) is 16.5 Å². The highest BCUT2D eigenvalue weighted by molar-refractivity contribution is 5.62. The molecule has 0 bridgehead atoms. The van der Waals surface area contributed by atoms with Gasteiger partial charge in [-0.1, -0.05) is 0 Å². The number of hydrogen-bond acceptors (Lipinski definition) is 1. The van der Waals surface area contributed by atoms with Crippen molar-refractivity contribution >= 4 is 5.97 Å². The SMILES string of the molecule is CC(=O)O.[C-]#[N+]C. The van der Waals surface area contributed by atoms with Crippen molar-refractivity contribution in [3.05, 3.63) is 11.4 Å². The van der Waals surface area contributed by atoms with Gasteiger partial charge in [-0.25, -0.2) is 6.57 Å². The highest BCUT2D eigenvalue weighted by Crippen LogP contribution is 1.42. The minimum atomic E-state index is -0.833. The predicted octanol–water partition coefficient (Wildman–Crippen LogP) is 0.626. The van der Waals surface area contributed by atoms with Gasteiger partial charge in [0.1, 0.15) is 0 Å². The quantitative estimate of drug-likeness (QED) is 0.454. The zero-order valence-corrected chi connectivity index (χ0v) is 4.30. The first-order valence-electron chi connectivity index (χ1n) is 1.60. The smallest absolute Gasteiger partial charge is 0.300 e. The first-order valence-corrected chi connectivity index (χ1v) is 1.60. The minimum absolute atomic E-state index is 0.833. The average Bonchev–Trinajstić information content (AvgIpc) is 1.33. The second-order valence-electron chi connectivity index (χ2n) is 0.743. The second-order valence-corrected chi connectivity index (χ2v) is 0.743. The fourth-order valence-electron chi connectivity index (χ4n) is 0. The van der Waals surface area contributed by atoms with Crippen LogP contribution in [0.4, 0.5) is 0 Å². The Labute approximate surface area is 42.4 Å². The van der Waals surface area contributed by atoms with Gasteiger partial charge in [0.2, 0.25) is 7.05 Å². The molecule has 40 valence electrons. The summed E-state index contributed by atoms with van der Waals surface area (Å²) >= 11 is 0. The van der Waals surface area contributed by atoms with Crippen molar-refractivity contribution in [2.45, 2.75) is 6.92 Å². The lowest BCUT2D eigenvalue weighted by atomic mass is 10.9. The lowest BCUT2D eigenvalue weighted by molar-refractivity contribution is -0.134. The highest BCUT2D eigenvalue weighted by Gasteiger charge is 1.65. The van der Waals surface area contributed by atoms with Crippen LogP contribution in [0, 0.1) is 6.57 Å². The summed E-state index contributed by atoms with van der Waals surface area (Å²) in [7, 11) is 1.42. The van der Waals surface area contributed by atoms with Gasteiger partial charge in [0, 0.05) is 6.92 Å². The van der Waals surface area contributed by atoms with Crippen molar-refractivity contribution in [3.8, 4) is 0 Å². The fourth-order valence-corrected chi connectivity index (χ4v) is 0. The van der Waals surface area contributed by atoms with Crippen molar-refractivity contribution in [1.29, 1.82) is 0 Å². The van der Waals surface area contributed by atoms with Crippen LogP contribution in [-0.4, -0.2) is 18.1 Å². The largest absolute Gasteiger partial charge is 0.481 e. The van der Waals surface area contributed by atoms with Crippen molar-refractivity contribution in [3.63, 3.8) is 0 Å². The number of nitrogens with zero attached hydrogens (tertiary/aromatic N) is 1. The molecule has 0 aromatic heterocycles. The van der Waals surface area contributed by atoms with Crippen molar-refractivity contribution in [2.75, 3.05) is 7.05 Å². The van der Waals surface area contributed by atoms with Crippen LogP contribution in [0.3, 0.4) is 0 Å². The third kappa shape index (κ3) is 40.2. The monoisotopic (exact) mass is 101 g/mol. The van der Waals surface area contributed by atoms with Gasteiger partial charge in [-0.2, -0.15) is 0 Å². The molecule has 0 aromatic rings. The summed E-state index contributed by atoms with van der Waals surface area (Å²) in [6.45, 7) is 6.92. The maximum Gasteiger partial charge on any atom is 0.300 e. The third-order valence-electron chi connectivity index (χ3n) is 0. The van der Waals surface area contributed by atoms with Crippen LogP contribution in [0.1, 0.15) is 6.92 Å². The molecule has 0 fully saturated rings. The average molecular weight is 101 g/mol. The first-order chi connectivity index (χ1) is 3.15. The molecule has 7 heavy (non-hydrogen) atoms. The molecule has 3 heteroatoms. The van der Waals surface area contributed by atoms with Gasteiger partial charge in [-0.3, -0.25) is 4.79 Å². The maximum absolute atomic E-state index is 9.00. The molecule has 0 rings (SSSR count). The summed E-state index contributed by atoms with van der Waals surface area (Å²) in [5, 5.41) is 7.42. The molecule has 0 saturated heterocycles. The number of aliphatic carboxylic acids is 1. The van der Waals surface area contributed by atoms with Crippen LogP contribution in [0.25, 0.3) is 4.85 Å². The summed E-state index contributed by atoms with van der Waals surface area (Å²) in [5.41, 5.74) is 0. The van der Waals surface area contributed by atoms with E-state index in [1.807, 2.05) is 0 Å². The zero-order valence-electron chi connectivity index (χ0n) is 4.30. The van der Waals surface area contributed by atoms with E-state index in [1.54, 1.807) is 0 Å². The Morgan fingerprint density at radius 1 is 1.86 bits per heavy atom. The van der Waals surface area contributed by atoms with Gasteiger partial charge in [-0.15, -0.1) is 0 Å². The Balaban J connectivity index is 0. The molecular weight excluding hydrogens is 94.0 g/mol. The number of hydrogen-bond donors (Lipinski definition) is 1. The summed E-state index contributed by atoms with van der Waals surface area (Å²) in [4.78, 5) is 11.8. The molecule has 0 unspecified atom stereocenters. The standard InChI is InChI=1S/C2H3N.C2H4O2/c1-3-2;1-2(3)4/h1H3;1H3,(H,3,4). The van der Waals surface area contributed by atoms with Crippen LogP contribution in [0.5, 0.6) is 0 Å². The molecule has 1 N–H and O–H groups in total. The molecule has 0 atom stereocenters. The molecule has 3 nitrogen and oxygen atoms in total. The van der Waals surface area contributed by atoms with E-state index in [2.05, 4.69) is 4.85 Å². The minimum Gasteiger partial charge on any atom is -0.481 e. The van der Waals surface area contributed by atoms with E-state index in [0.717, 1.165) is 6.92 Å². The van der Waals surface area contributed by atoms with Gasteiger partial charge < -0.3 is 9.95 Å². The van der Waals surface area contributed by atoms with E-state index in [0.29, 0.717) is 0 Å². The second kappa shape index (κ2) is 8.88. The van der Waals surface area contributed by atoms with Gasteiger partial charge in [-0.05, 0) is 0 Å². The summed E-state index contributed by atoms with van der Waals surface area (Å²) in [5.74, 6) is -0.833. The Morgan fingerprint density at radius 2 is 1.86 bits per heavy atom. The third-order valence-corrected chi connectivity index (χ3v) is 0. The van der Waals surface area contributed by atoms with Crippen LogP contribution < -0.4 is 0 Å². The molecule has 0 aromatic carbocycles. The molecule has 0 heterocycles. The van der Waals surface area contributed by atoms with Crippen molar-refractivity contribution in [1.82, 2.24) is 0 Å². The van der Waals surface area contributed by atoms with Gasteiger partial charge in [0.05, 0.1) is 0 Å². The summed E-state index contributed by atoms with van der Waals surface area (Å²) in [6.07, 6.45) is 0. The predicted molar refractivity (Wildman–Crippen MR) is 25.8 cm³/mol. The lowest BCUT2D eigenvalue weighted by Gasteiger charge is -1.59.